The van der Waals surface area contributed by atoms with Gasteiger partial charge in [0, 0.05) is 32.4 Å². The molecule has 1 heterocycles. The zero-order chi connectivity index (χ0) is 25.2. The normalized spacial score (nSPS) is 16.2. The standard InChI is InChI=1S/C31H27FN3OP/c32-29-17-15-24(16-18-29)21-33-37(36)34(22-27-11-5-9-25-7-1-3-13-30(25)27)19-20-35(37)23-28-12-6-10-26-8-2-4-14-31(26)28/h1-18,21H,19-20,22-23H2/b33-21+. The van der Waals surface area contributed by atoms with E-state index in [4.69, 9.17) is 4.76 Å². The first-order chi connectivity index (χ1) is 18.1. The van der Waals surface area contributed by atoms with E-state index in [-0.39, 0.29) is 5.82 Å². The van der Waals surface area contributed by atoms with Gasteiger partial charge >= 0.3 is 7.59 Å². The molecule has 1 aliphatic rings. The van der Waals surface area contributed by atoms with Crippen molar-refractivity contribution in [1.82, 2.24) is 9.34 Å². The van der Waals surface area contributed by atoms with Gasteiger partial charge in [-0.05, 0) is 50.4 Å². The zero-order valence-corrected chi connectivity index (χ0v) is 21.3. The SMILES string of the molecule is O=P1(/N=C/c2ccc(F)cc2)N(Cc2cccc3ccccc23)CCN1Cc1cccc2ccccc12. The van der Waals surface area contributed by atoms with E-state index in [1.165, 1.54) is 12.1 Å². The van der Waals surface area contributed by atoms with Gasteiger partial charge in [0.25, 0.3) is 0 Å². The summed E-state index contributed by atoms with van der Waals surface area (Å²) in [6.07, 6.45) is 1.62. The van der Waals surface area contributed by atoms with Crippen LogP contribution >= 0.6 is 7.59 Å². The van der Waals surface area contributed by atoms with Crippen LogP contribution in [0.4, 0.5) is 4.39 Å². The summed E-state index contributed by atoms with van der Waals surface area (Å²) in [6, 6.07) is 35.2. The van der Waals surface area contributed by atoms with E-state index in [9.17, 15) is 8.96 Å². The minimum absolute atomic E-state index is 0.306. The molecule has 184 valence electrons. The number of fused-ring (bicyclic) bond motifs is 2. The van der Waals surface area contributed by atoms with Gasteiger partial charge in [0.15, 0.2) is 0 Å². The fraction of sp³-hybridized carbons (Fsp3) is 0.129. The average Bonchev–Trinajstić information content (AvgIpc) is 3.23. The maximum absolute atomic E-state index is 14.8. The fourth-order valence-electron chi connectivity index (χ4n) is 5.10. The minimum Gasteiger partial charge on any atom is -0.262 e. The van der Waals surface area contributed by atoms with Crippen molar-refractivity contribution in [3.05, 3.63) is 132 Å². The van der Waals surface area contributed by atoms with Crippen molar-refractivity contribution in [3.63, 3.8) is 0 Å². The van der Waals surface area contributed by atoms with Crippen LogP contribution in [-0.2, 0) is 17.7 Å². The molecule has 1 aliphatic heterocycles. The Morgan fingerprint density at radius 3 is 1.70 bits per heavy atom. The Morgan fingerprint density at radius 2 is 1.16 bits per heavy atom. The molecule has 6 heteroatoms. The first kappa shape index (κ1) is 23.7. The van der Waals surface area contributed by atoms with Gasteiger partial charge in [-0.2, -0.15) is 0 Å². The molecule has 0 radical (unpaired) electrons. The van der Waals surface area contributed by atoms with Crippen molar-refractivity contribution in [2.45, 2.75) is 13.1 Å². The van der Waals surface area contributed by atoms with Crippen LogP contribution in [0, 0.1) is 5.82 Å². The van der Waals surface area contributed by atoms with Gasteiger partial charge < -0.3 is 0 Å². The summed E-state index contributed by atoms with van der Waals surface area (Å²) in [4.78, 5) is 0. The molecule has 0 N–H and O–H groups in total. The molecule has 4 nitrogen and oxygen atoms in total. The molecule has 6 rings (SSSR count). The van der Waals surface area contributed by atoms with E-state index >= 15 is 0 Å². The molecule has 0 aromatic heterocycles. The molecular formula is C31H27FN3OP. The van der Waals surface area contributed by atoms with Gasteiger partial charge in [-0.1, -0.05) is 97.1 Å². The summed E-state index contributed by atoms with van der Waals surface area (Å²) in [6.45, 7) is 2.36. The summed E-state index contributed by atoms with van der Waals surface area (Å²) in [5, 5.41) is 4.64. The molecule has 1 saturated heterocycles. The van der Waals surface area contributed by atoms with Crippen LogP contribution in [0.5, 0.6) is 0 Å². The average molecular weight is 508 g/mol. The molecule has 0 atom stereocenters. The van der Waals surface area contributed by atoms with E-state index in [1.807, 2.05) is 45.7 Å². The quantitative estimate of drug-likeness (QED) is 0.175. The van der Waals surface area contributed by atoms with Crippen molar-refractivity contribution >= 4 is 35.4 Å². The topological polar surface area (TPSA) is 35.9 Å². The van der Waals surface area contributed by atoms with E-state index in [0.29, 0.717) is 26.2 Å². The van der Waals surface area contributed by atoms with Crippen LogP contribution in [0.25, 0.3) is 21.5 Å². The molecule has 0 unspecified atom stereocenters. The molecule has 0 amide bonds. The van der Waals surface area contributed by atoms with Gasteiger partial charge in [-0.25, -0.2) is 18.5 Å². The van der Waals surface area contributed by atoms with Crippen LogP contribution in [0.3, 0.4) is 0 Å². The lowest BCUT2D eigenvalue weighted by molar-refractivity contribution is 0.436. The predicted octanol–water partition coefficient (Wildman–Crippen LogP) is 7.68. The molecule has 0 aliphatic carbocycles. The lowest BCUT2D eigenvalue weighted by atomic mass is 10.0. The highest BCUT2D eigenvalue weighted by molar-refractivity contribution is 7.58. The fourth-order valence-corrected chi connectivity index (χ4v) is 7.41. The van der Waals surface area contributed by atoms with E-state index in [1.54, 1.807) is 18.3 Å². The van der Waals surface area contributed by atoms with Gasteiger partial charge in [-0.15, -0.1) is 0 Å². The number of hydrogen-bond donors (Lipinski definition) is 0. The minimum atomic E-state index is -3.31. The highest BCUT2D eigenvalue weighted by atomic mass is 31.2. The number of hydrogen-bond acceptors (Lipinski definition) is 1. The summed E-state index contributed by atoms with van der Waals surface area (Å²) in [5.74, 6) is -0.306. The van der Waals surface area contributed by atoms with E-state index < -0.39 is 7.59 Å². The Kier molecular flexibility index (Phi) is 6.43. The number of halogens is 1. The Labute approximate surface area is 216 Å². The molecule has 5 aromatic carbocycles. The predicted molar refractivity (Wildman–Crippen MR) is 150 cm³/mol. The Balaban J connectivity index is 1.37. The number of nitrogens with zero attached hydrogens (tertiary/aromatic N) is 3. The molecule has 0 saturated carbocycles. The molecule has 37 heavy (non-hydrogen) atoms. The van der Waals surface area contributed by atoms with E-state index in [2.05, 4.69) is 48.5 Å². The van der Waals surface area contributed by atoms with Crippen LogP contribution < -0.4 is 0 Å². The summed E-state index contributed by atoms with van der Waals surface area (Å²) < 4.78 is 37.0. The lowest BCUT2D eigenvalue weighted by Gasteiger charge is -2.27. The Morgan fingerprint density at radius 1 is 0.676 bits per heavy atom. The number of rotatable bonds is 6. The highest BCUT2D eigenvalue weighted by Crippen LogP contribution is 2.59. The summed E-state index contributed by atoms with van der Waals surface area (Å²) in [5.41, 5.74) is 2.98. The van der Waals surface area contributed by atoms with E-state index in [0.717, 1.165) is 38.2 Å². The lowest BCUT2D eigenvalue weighted by Crippen LogP contribution is -2.18. The summed E-state index contributed by atoms with van der Waals surface area (Å²) in [7, 11) is -3.31. The van der Waals surface area contributed by atoms with Crippen LogP contribution in [0.1, 0.15) is 16.7 Å². The first-order valence-electron chi connectivity index (χ1n) is 12.5. The smallest absolute Gasteiger partial charge is 0.262 e. The third-order valence-corrected chi connectivity index (χ3v) is 9.62. The van der Waals surface area contributed by atoms with Gasteiger partial charge in [0.2, 0.25) is 0 Å². The van der Waals surface area contributed by atoms with Crippen LogP contribution in [0.2, 0.25) is 0 Å². The van der Waals surface area contributed by atoms with Crippen molar-refractivity contribution < 1.29 is 8.96 Å². The molecule has 1 fully saturated rings. The van der Waals surface area contributed by atoms with Crippen molar-refractivity contribution in [3.8, 4) is 0 Å². The number of benzene rings is 5. The Hall–Kier alpha value is -3.63. The largest absolute Gasteiger partial charge is 0.330 e. The molecule has 0 bridgehead atoms. The zero-order valence-electron chi connectivity index (χ0n) is 20.4. The van der Waals surface area contributed by atoms with Crippen molar-refractivity contribution in [2.24, 2.45) is 4.76 Å². The van der Waals surface area contributed by atoms with Gasteiger partial charge in [0.05, 0.1) is 0 Å². The maximum Gasteiger partial charge on any atom is 0.330 e. The Bertz CT molecular complexity index is 1550. The molecule has 5 aromatic rings. The maximum atomic E-state index is 14.8. The monoisotopic (exact) mass is 507 g/mol. The second-order valence-electron chi connectivity index (χ2n) is 9.36. The van der Waals surface area contributed by atoms with Crippen molar-refractivity contribution in [2.75, 3.05) is 13.1 Å². The van der Waals surface area contributed by atoms with Gasteiger partial charge in [0.1, 0.15) is 5.82 Å². The molecule has 0 spiro atoms. The second-order valence-corrected chi connectivity index (χ2v) is 11.8. The van der Waals surface area contributed by atoms with Crippen LogP contribution in [0.15, 0.2) is 114 Å². The highest BCUT2D eigenvalue weighted by Gasteiger charge is 2.42. The van der Waals surface area contributed by atoms with Crippen LogP contribution in [-0.4, -0.2) is 28.6 Å². The summed E-state index contributed by atoms with van der Waals surface area (Å²) >= 11 is 0. The van der Waals surface area contributed by atoms with Gasteiger partial charge in [-0.3, -0.25) is 4.57 Å². The second kappa shape index (κ2) is 10.0. The molecular weight excluding hydrogens is 480 g/mol. The van der Waals surface area contributed by atoms with Crippen molar-refractivity contribution in [1.29, 1.82) is 0 Å². The first-order valence-corrected chi connectivity index (χ1v) is 14.0. The third kappa shape index (κ3) is 4.74. The third-order valence-electron chi connectivity index (χ3n) is 7.05.